The van der Waals surface area contributed by atoms with Crippen LogP contribution in [0.3, 0.4) is 0 Å². The molecule has 14 heavy (non-hydrogen) atoms. The summed E-state index contributed by atoms with van der Waals surface area (Å²) in [5.74, 6) is 0.559. The van der Waals surface area contributed by atoms with Crippen LogP contribution in [0.4, 0.5) is 0 Å². The predicted octanol–water partition coefficient (Wildman–Crippen LogP) is 2.79. The molecular weight excluding hydrogens is 172 g/mol. The molecule has 1 fully saturated rings. The normalized spacial score (nSPS) is 37.2. The quantitative estimate of drug-likeness (QED) is 0.663. The molecule has 1 aromatic carbocycles. The third kappa shape index (κ3) is 0.683. The fourth-order valence-electron chi connectivity index (χ4n) is 3.53. The maximum atomic E-state index is 10.7. The van der Waals surface area contributed by atoms with Crippen molar-refractivity contribution in [1.29, 1.82) is 0 Å². The first-order valence-corrected chi connectivity index (χ1v) is 5.39. The first-order valence-electron chi connectivity index (χ1n) is 5.39. The smallest absolute Gasteiger partial charge is 0.0955 e. The van der Waals surface area contributed by atoms with Crippen LogP contribution in [-0.2, 0) is 5.60 Å². The monoisotopic (exact) mass is 188 g/mol. The summed E-state index contributed by atoms with van der Waals surface area (Å²) in [6, 6.07) is 8.39. The Morgan fingerprint density at radius 3 is 2.71 bits per heavy atom. The van der Waals surface area contributed by atoms with Crippen molar-refractivity contribution in [2.75, 3.05) is 0 Å². The molecule has 1 heteroatoms. The van der Waals surface area contributed by atoms with E-state index < -0.39 is 5.60 Å². The van der Waals surface area contributed by atoms with Crippen LogP contribution < -0.4 is 0 Å². The van der Waals surface area contributed by atoms with Gasteiger partial charge in [0.2, 0.25) is 0 Å². The zero-order chi connectivity index (χ0) is 9.97. The second-order valence-electron chi connectivity index (χ2n) is 5.26. The Morgan fingerprint density at radius 2 is 2.00 bits per heavy atom. The number of benzene rings is 1. The van der Waals surface area contributed by atoms with Gasteiger partial charge >= 0.3 is 0 Å². The minimum absolute atomic E-state index is 0.0245. The topological polar surface area (TPSA) is 20.2 Å². The number of hydrogen-bond acceptors (Lipinski definition) is 1. The molecule has 1 saturated carbocycles. The Bertz CT molecular complexity index is 394. The third-order valence-corrected chi connectivity index (χ3v) is 4.51. The molecule has 1 N–H and O–H groups in total. The molecule has 0 aliphatic heterocycles. The minimum Gasteiger partial charge on any atom is -0.385 e. The second-order valence-corrected chi connectivity index (χ2v) is 5.26. The van der Waals surface area contributed by atoms with Gasteiger partial charge in [0.1, 0.15) is 0 Å². The predicted molar refractivity (Wildman–Crippen MR) is 56.1 cm³/mol. The fraction of sp³-hybridized carbons (Fsp3) is 0.538. The largest absolute Gasteiger partial charge is 0.385 e. The first-order chi connectivity index (χ1) is 6.57. The summed E-state index contributed by atoms with van der Waals surface area (Å²) in [6.45, 7) is 4.40. The molecule has 0 saturated heterocycles. The van der Waals surface area contributed by atoms with Crippen molar-refractivity contribution in [1.82, 2.24) is 0 Å². The van der Waals surface area contributed by atoms with Gasteiger partial charge in [-0.2, -0.15) is 0 Å². The van der Waals surface area contributed by atoms with E-state index in [0.717, 1.165) is 12.8 Å². The number of aliphatic hydroxyl groups is 1. The van der Waals surface area contributed by atoms with E-state index in [4.69, 9.17) is 0 Å². The van der Waals surface area contributed by atoms with Crippen LogP contribution in [0.15, 0.2) is 24.3 Å². The van der Waals surface area contributed by atoms with Crippen molar-refractivity contribution in [3.05, 3.63) is 35.4 Å². The summed E-state index contributed by atoms with van der Waals surface area (Å²) in [6.07, 6.45) is 2.07. The highest BCUT2D eigenvalue weighted by molar-refractivity contribution is 5.47. The maximum Gasteiger partial charge on any atom is 0.0955 e. The molecular formula is C13H16O. The van der Waals surface area contributed by atoms with Gasteiger partial charge in [0.05, 0.1) is 5.60 Å². The maximum absolute atomic E-state index is 10.7. The molecule has 2 aliphatic rings. The summed E-state index contributed by atoms with van der Waals surface area (Å²) < 4.78 is 0. The minimum atomic E-state index is -0.561. The Kier molecular flexibility index (Phi) is 1.35. The standard InChI is InChI=1S/C13H16O/c1-12(2)10-7-8-13(12,14)11-6-4-3-5-9(10)11/h3-6,10,14H,7-8H2,1-2H3. The van der Waals surface area contributed by atoms with Gasteiger partial charge in [-0.15, -0.1) is 0 Å². The Hall–Kier alpha value is -0.820. The Balaban J connectivity index is 2.31. The van der Waals surface area contributed by atoms with E-state index in [1.807, 2.05) is 6.07 Å². The van der Waals surface area contributed by atoms with Gasteiger partial charge in [-0.3, -0.25) is 0 Å². The molecule has 74 valence electrons. The SMILES string of the molecule is CC1(C)C2CCC1(O)c1ccccc12. The van der Waals surface area contributed by atoms with E-state index in [9.17, 15) is 5.11 Å². The molecule has 3 rings (SSSR count). The summed E-state index contributed by atoms with van der Waals surface area (Å²) in [5.41, 5.74) is 2.03. The van der Waals surface area contributed by atoms with Gasteiger partial charge in [-0.25, -0.2) is 0 Å². The number of fused-ring (bicyclic) bond motifs is 5. The summed E-state index contributed by atoms with van der Waals surface area (Å²) in [5, 5.41) is 10.7. The van der Waals surface area contributed by atoms with Crippen LogP contribution in [0, 0.1) is 5.41 Å². The molecule has 1 aromatic rings. The second kappa shape index (κ2) is 2.22. The molecule has 1 nitrogen and oxygen atoms in total. The van der Waals surface area contributed by atoms with E-state index in [1.54, 1.807) is 0 Å². The van der Waals surface area contributed by atoms with E-state index in [0.29, 0.717) is 5.92 Å². The van der Waals surface area contributed by atoms with Crippen LogP contribution >= 0.6 is 0 Å². The van der Waals surface area contributed by atoms with Gasteiger partial charge < -0.3 is 5.11 Å². The lowest BCUT2D eigenvalue weighted by molar-refractivity contribution is -0.0409. The van der Waals surface area contributed by atoms with Gasteiger partial charge in [0, 0.05) is 5.41 Å². The van der Waals surface area contributed by atoms with Crippen molar-refractivity contribution in [2.45, 2.75) is 38.2 Å². The van der Waals surface area contributed by atoms with E-state index in [-0.39, 0.29) is 5.41 Å². The van der Waals surface area contributed by atoms with Crippen molar-refractivity contribution < 1.29 is 5.11 Å². The summed E-state index contributed by atoms with van der Waals surface area (Å²) >= 11 is 0. The molecule has 0 heterocycles. The third-order valence-electron chi connectivity index (χ3n) is 4.51. The first kappa shape index (κ1) is 8.49. The zero-order valence-corrected chi connectivity index (χ0v) is 8.75. The number of rotatable bonds is 0. The molecule has 0 amide bonds. The van der Waals surface area contributed by atoms with E-state index in [1.165, 1.54) is 11.1 Å². The fourth-order valence-corrected chi connectivity index (χ4v) is 3.53. The van der Waals surface area contributed by atoms with Crippen molar-refractivity contribution in [3.63, 3.8) is 0 Å². The van der Waals surface area contributed by atoms with Gasteiger partial charge in [-0.1, -0.05) is 38.1 Å². The lowest BCUT2D eigenvalue weighted by atomic mass is 9.77. The lowest BCUT2D eigenvalue weighted by Crippen LogP contribution is -2.34. The van der Waals surface area contributed by atoms with E-state index >= 15 is 0 Å². The summed E-state index contributed by atoms with van der Waals surface area (Å²) in [4.78, 5) is 0. The zero-order valence-electron chi connectivity index (χ0n) is 8.75. The molecule has 2 unspecified atom stereocenters. The molecule has 2 aliphatic carbocycles. The van der Waals surface area contributed by atoms with Gasteiger partial charge in [0.25, 0.3) is 0 Å². The summed E-state index contributed by atoms with van der Waals surface area (Å²) in [7, 11) is 0. The Labute approximate surface area is 84.8 Å². The van der Waals surface area contributed by atoms with Crippen LogP contribution in [0.2, 0.25) is 0 Å². The average Bonchev–Trinajstić information content (AvgIpc) is 2.49. The van der Waals surface area contributed by atoms with Crippen LogP contribution in [0.5, 0.6) is 0 Å². The lowest BCUT2D eigenvalue weighted by Gasteiger charge is -2.33. The van der Waals surface area contributed by atoms with E-state index in [2.05, 4.69) is 32.0 Å². The number of hydrogen-bond donors (Lipinski definition) is 1. The molecule has 0 aromatic heterocycles. The van der Waals surface area contributed by atoms with Crippen molar-refractivity contribution in [3.8, 4) is 0 Å². The average molecular weight is 188 g/mol. The highest BCUT2D eigenvalue weighted by Crippen LogP contribution is 2.66. The highest BCUT2D eigenvalue weighted by atomic mass is 16.3. The van der Waals surface area contributed by atoms with Gasteiger partial charge in [0.15, 0.2) is 0 Å². The van der Waals surface area contributed by atoms with Crippen LogP contribution in [-0.4, -0.2) is 5.11 Å². The molecule has 0 radical (unpaired) electrons. The van der Waals surface area contributed by atoms with Crippen molar-refractivity contribution in [2.24, 2.45) is 5.41 Å². The molecule has 2 bridgehead atoms. The molecule has 2 atom stereocenters. The Morgan fingerprint density at radius 1 is 1.29 bits per heavy atom. The van der Waals surface area contributed by atoms with Crippen molar-refractivity contribution >= 4 is 0 Å². The van der Waals surface area contributed by atoms with Crippen LogP contribution in [0.25, 0.3) is 0 Å². The van der Waals surface area contributed by atoms with Gasteiger partial charge in [-0.05, 0) is 29.9 Å². The highest BCUT2D eigenvalue weighted by Gasteiger charge is 2.61. The molecule has 0 spiro atoms. The van der Waals surface area contributed by atoms with Crippen LogP contribution in [0.1, 0.15) is 43.7 Å².